The summed E-state index contributed by atoms with van der Waals surface area (Å²) in [6, 6.07) is 7.68. The fourth-order valence-corrected chi connectivity index (χ4v) is 2.98. The third-order valence-electron chi connectivity index (χ3n) is 4.33. The van der Waals surface area contributed by atoms with Gasteiger partial charge in [0, 0.05) is 18.2 Å². The Hall–Kier alpha value is -1.51. The van der Waals surface area contributed by atoms with Crippen molar-refractivity contribution < 1.29 is 4.79 Å². The van der Waals surface area contributed by atoms with Gasteiger partial charge in [-0.1, -0.05) is 44.9 Å². The number of nitrogen functional groups attached to an aromatic ring is 1. The van der Waals surface area contributed by atoms with Gasteiger partial charge in [-0.05, 0) is 29.9 Å². The fraction of sp³-hybridized carbons (Fsp3) is 0.562. The number of hydrogen-bond acceptors (Lipinski definition) is 2. The van der Waals surface area contributed by atoms with Gasteiger partial charge in [-0.2, -0.15) is 0 Å². The smallest absolute Gasteiger partial charge is 0.223 e. The molecule has 0 bridgehead atoms. The number of nitrogens with two attached hydrogens (primary N) is 1. The number of para-hydroxylation sites is 1. The molecule has 0 spiro atoms. The fourth-order valence-electron chi connectivity index (χ4n) is 2.98. The normalized spacial score (nSPS) is 21.9. The number of rotatable bonds is 3. The third kappa shape index (κ3) is 3.28. The van der Waals surface area contributed by atoms with Crippen LogP contribution >= 0.6 is 0 Å². The second-order valence-corrected chi connectivity index (χ2v) is 6.20. The Kier molecular flexibility index (Phi) is 4.13. The van der Waals surface area contributed by atoms with Gasteiger partial charge in [0.1, 0.15) is 0 Å². The minimum absolute atomic E-state index is 0.116. The maximum atomic E-state index is 12.3. The van der Waals surface area contributed by atoms with Gasteiger partial charge in [0.25, 0.3) is 0 Å². The van der Waals surface area contributed by atoms with Crippen molar-refractivity contribution >= 4 is 11.6 Å². The largest absolute Gasteiger partial charge is 0.398 e. The highest BCUT2D eigenvalue weighted by Gasteiger charge is 2.36. The van der Waals surface area contributed by atoms with Crippen LogP contribution in [0.3, 0.4) is 0 Å². The molecule has 0 saturated heterocycles. The molecular weight excluding hydrogens is 236 g/mol. The standard InChI is InChI=1S/C16H24N2O/c1-16(2)10-6-5-8-13(16)15(19)18-11-12-7-3-4-9-14(12)17/h3-4,7,9,13H,5-6,8,10-11,17H2,1-2H3,(H,18,19). The molecule has 19 heavy (non-hydrogen) atoms. The topological polar surface area (TPSA) is 55.1 Å². The molecule has 1 atom stereocenters. The summed E-state index contributed by atoms with van der Waals surface area (Å²) in [7, 11) is 0. The Morgan fingerprint density at radius 2 is 2.11 bits per heavy atom. The molecule has 0 aliphatic heterocycles. The molecule has 3 heteroatoms. The molecule has 1 aromatic rings. The molecule has 2 rings (SSSR count). The first-order chi connectivity index (χ1) is 9.00. The summed E-state index contributed by atoms with van der Waals surface area (Å²) in [6.45, 7) is 4.93. The van der Waals surface area contributed by atoms with Crippen LogP contribution in [0.2, 0.25) is 0 Å². The number of hydrogen-bond donors (Lipinski definition) is 2. The van der Waals surface area contributed by atoms with E-state index in [0.29, 0.717) is 6.54 Å². The van der Waals surface area contributed by atoms with Crippen LogP contribution in [0.4, 0.5) is 5.69 Å². The zero-order valence-corrected chi connectivity index (χ0v) is 11.9. The number of nitrogens with one attached hydrogen (secondary N) is 1. The zero-order chi connectivity index (χ0) is 13.9. The lowest BCUT2D eigenvalue weighted by atomic mass is 9.68. The lowest BCUT2D eigenvalue weighted by molar-refractivity contribution is -0.130. The van der Waals surface area contributed by atoms with Gasteiger partial charge in [0.05, 0.1) is 0 Å². The summed E-state index contributed by atoms with van der Waals surface area (Å²) in [5.74, 6) is 0.305. The highest BCUT2D eigenvalue weighted by atomic mass is 16.1. The highest BCUT2D eigenvalue weighted by Crippen LogP contribution is 2.40. The molecule has 1 aromatic carbocycles. The van der Waals surface area contributed by atoms with Gasteiger partial charge in [-0.3, -0.25) is 4.79 Å². The highest BCUT2D eigenvalue weighted by molar-refractivity contribution is 5.79. The molecule has 3 N–H and O–H groups in total. The van der Waals surface area contributed by atoms with Crippen molar-refractivity contribution in [2.45, 2.75) is 46.1 Å². The van der Waals surface area contributed by atoms with Crippen molar-refractivity contribution in [1.29, 1.82) is 0 Å². The number of carbonyl (C=O) groups excluding carboxylic acids is 1. The molecule has 104 valence electrons. The van der Waals surface area contributed by atoms with E-state index in [0.717, 1.165) is 30.5 Å². The summed E-state index contributed by atoms with van der Waals surface area (Å²) in [4.78, 5) is 12.3. The van der Waals surface area contributed by atoms with E-state index in [1.165, 1.54) is 6.42 Å². The predicted molar refractivity (Wildman–Crippen MR) is 78.4 cm³/mol. The van der Waals surface area contributed by atoms with Crippen LogP contribution in [0.25, 0.3) is 0 Å². The summed E-state index contributed by atoms with van der Waals surface area (Å²) in [6.07, 6.45) is 4.54. The van der Waals surface area contributed by atoms with Crippen LogP contribution in [-0.2, 0) is 11.3 Å². The van der Waals surface area contributed by atoms with Crippen molar-refractivity contribution in [3.05, 3.63) is 29.8 Å². The second-order valence-electron chi connectivity index (χ2n) is 6.20. The van der Waals surface area contributed by atoms with E-state index in [4.69, 9.17) is 5.73 Å². The average Bonchev–Trinajstić information content (AvgIpc) is 2.37. The van der Waals surface area contributed by atoms with Crippen LogP contribution < -0.4 is 11.1 Å². The van der Waals surface area contributed by atoms with Crippen LogP contribution in [0.1, 0.15) is 45.1 Å². The van der Waals surface area contributed by atoms with Crippen LogP contribution in [0.5, 0.6) is 0 Å². The van der Waals surface area contributed by atoms with E-state index < -0.39 is 0 Å². The maximum absolute atomic E-state index is 12.3. The second kappa shape index (κ2) is 5.64. The quantitative estimate of drug-likeness (QED) is 0.820. The number of benzene rings is 1. The van der Waals surface area contributed by atoms with Crippen LogP contribution in [0, 0.1) is 11.3 Å². The number of anilines is 1. The Bertz CT molecular complexity index is 454. The van der Waals surface area contributed by atoms with E-state index >= 15 is 0 Å². The monoisotopic (exact) mass is 260 g/mol. The van der Waals surface area contributed by atoms with Gasteiger partial charge in [0.15, 0.2) is 0 Å². The Morgan fingerprint density at radius 1 is 1.37 bits per heavy atom. The molecule has 3 nitrogen and oxygen atoms in total. The summed E-state index contributed by atoms with van der Waals surface area (Å²) in [5.41, 5.74) is 7.73. The molecule has 1 amide bonds. The maximum Gasteiger partial charge on any atom is 0.223 e. The van der Waals surface area contributed by atoms with Gasteiger partial charge < -0.3 is 11.1 Å². The first kappa shape index (κ1) is 13.9. The molecule has 1 aliphatic rings. The zero-order valence-electron chi connectivity index (χ0n) is 11.9. The molecule has 0 radical (unpaired) electrons. The van der Waals surface area contributed by atoms with E-state index in [2.05, 4.69) is 19.2 Å². The van der Waals surface area contributed by atoms with Gasteiger partial charge in [0.2, 0.25) is 5.91 Å². The minimum atomic E-state index is 0.116. The Balaban J connectivity index is 1.96. The summed E-state index contributed by atoms with van der Waals surface area (Å²) < 4.78 is 0. The van der Waals surface area contributed by atoms with Gasteiger partial charge in [-0.15, -0.1) is 0 Å². The molecule has 1 unspecified atom stereocenters. The number of carbonyl (C=O) groups is 1. The SMILES string of the molecule is CC1(C)CCCCC1C(=O)NCc1ccccc1N. The summed E-state index contributed by atoms with van der Waals surface area (Å²) in [5, 5.41) is 3.05. The molecular formula is C16H24N2O. The van der Waals surface area contributed by atoms with Crippen molar-refractivity contribution in [2.24, 2.45) is 11.3 Å². The molecule has 0 aromatic heterocycles. The van der Waals surface area contributed by atoms with Crippen molar-refractivity contribution in [2.75, 3.05) is 5.73 Å². The minimum Gasteiger partial charge on any atom is -0.398 e. The Labute approximate surface area is 115 Å². The van der Waals surface area contributed by atoms with Gasteiger partial charge in [-0.25, -0.2) is 0 Å². The van der Waals surface area contributed by atoms with Crippen LogP contribution in [-0.4, -0.2) is 5.91 Å². The Morgan fingerprint density at radius 3 is 2.79 bits per heavy atom. The summed E-state index contributed by atoms with van der Waals surface area (Å²) >= 11 is 0. The predicted octanol–water partition coefficient (Wildman–Crippen LogP) is 3.10. The van der Waals surface area contributed by atoms with Crippen LogP contribution in [0.15, 0.2) is 24.3 Å². The van der Waals surface area contributed by atoms with Gasteiger partial charge >= 0.3 is 0 Å². The first-order valence-corrected chi connectivity index (χ1v) is 7.12. The van der Waals surface area contributed by atoms with Crippen molar-refractivity contribution in [3.8, 4) is 0 Å². The molecule has 0 heterocycles. The molecule has 1 aliphatic carbocycles. The van der Waals surface area contributed by atoms with E-state index in [9.17, 15) is 4.79 Å². The van der Waals surface area contributed by atoms with Crippen molar-refractivity contribution in [1.82, 2.24) is 5.32 Å². The van der Waals surface area contributed by atoms with E-state index in [1.54, 1.807) is 0 Å². The first-order valence-electron chi connectivity index (χ1n) is 7.12. The number of amides is 1. The van der Waals surface area contributed by atoms with E-state index in [1.807, 2.05) is 24.3 Å². The molecule has 1 fully saturated rings. The molecule has 1 saturated carbocycles. The average molecular weight is 260 g/mol. The van der Waals surface area contributed by atoms with E-state index in [-0.39, 0.29) is 17.2 Å². The lowest BCUT2D eigenvalue weighted by Gasteiger charge is -2.37. The third-order valence-corrected chi connectivity index (χ3v) is 4.33. The lowest BCUT2D eigenvalue weighted by Crippen LogP contribution is -2.40. The van der Waals surface area contributed by atoms with Crippen molar-refractivity contribution in [3.63, 3.8) is 0 Å².